The minimum atomic E-state index is -0.481. The summed E-state index contributed by atoms with van der Waals surface area (Å²) in [6, 6.07) is 9.12. The molecule has 9 heteroatoms. The lowest BCUT2D eigenvalue weighted by Crippen LogP contribution is -2.45. The van der Waals surface area contributed by atoms with Gasteiger partial charge in [-0.2, -0.15) is 0 Å². The average molecular weight is 421 g/mol. The third-order valence-corrected chi connectivity index (χ3v) is 4.83. The molecule has 0 radical (unpaired) electrons. The van der Waals surface area contributed by atoms with Crippen molar-refractivity contribution in [3.05, 3.63) is 64.7 Å². The SMILES string of the molecule is O=C(CNC(=O)c1cc(Cl)ccn1)NCC(c1ccc(F)cc1)N1CCOCC1. The Morgan fingerprint density at radius 1 is 1.17 bits per heavy atom. The molecule has 1 saturated heterocycles. The number of rotatable bonds is 7. The van der Waals surface area contributed by atoms with Crippen molar-refractivity contribution in [3.8, 4) is 0 Å². The van der Waals surface area contributed by atoms with Crippen molar-refractivity contribution in [1.29, 1.82) is 0 Å². The molecule has 1 unspecified atom stereocenters. The summed E-state index contributed by atoms with van der Waals surface area (Å²) in [5.41, 5.74) is 1.04. The van der Waals surface area contributed by atoms with Crippen molar-refractivity contribution in [2.75, 3.05) is 39.4 Å². The van der Waals surface area contributed by atoms with Crippen LogP contribution in [0.3, 0.4) is 0 Å². The van der Waals surface area contributed by atoms with E-state index in [-0.39, 0.29) is 30.0 Å². The number of benzene rings is 1. The van der Waals surface area contributed by atoms with Crippen molar-refractivity contribution in [3.63, 3.8) is 0 Å². The number of hydrogen-bond donors (Lipinski definition) is 2. The molecule has 1 atom stereocenters. The van der Waals surface area contributed by atoms with E-state index in [1.54, 1.807) is 18.2 Å². The molecule has 1 aromatic heterocycles. The summed E-state index contributed by atoms with van der Waals surface area (Å²) >= 11 is 5.84. The van der Waals surface area contributed by atoms with Crippen LogP contribution in [-0.2, 0) is 9.53 Å². The molecule has 0 bridgehead atoms. The molecule has 2 heterocycles. The molecular weight excluding hydrogens is 399 g/mol. The zero-order valence-corrected chi connectivity index (χ0v) is 16.5. The quantitative estimate of drug-likeness (QED) is 0.713. The van der Waals surface area contributed by atoms with Gasteiger partial charge in [-0.25, -0.2) is 4.39 Å². The number of aromatic nitrogens is 1. The number of carbonyl (C=O) groups excluding carboxylic acids is 2. The molecule has 3 rings (SSSR count). The molecule has 2 N–H and O–H groups in total. The molecule has 29 heavy (non-hydrogen) atoms. The molecule has 0 spiro atoms. The summed E-state index contributed by atoms with van der Waals surface area (Å²) in [7, 11) is 0. The summed E-state index contributed by atoms with van der Waals surface area (Å²) in [6.45, 7) is 2.79. The maximum absolute atomic E-state index is 13.3. The van der Waals surface area contributed by atoms with Crippen LogP contribution in [0.4, 0.5) is 4.39 Å². The van der Waals surface area contributed by atoms with Gasteiger partial charge >= 0.3 is 0 Å². The average Bonchev–Trinajstić information content (AvgIpc) is 2.74. The fourth-order valence-electron chi connectivity index (χ4n) is 3.08. The van der Waals surface area contributed by atoms with E-state index in [2.05, 4.69) is 20.5 Å². The number of amides is 2. The second kappa shape index (κ2) is 10.3. The van der Waals surface area contributed by atoms with Gasteiger partial charge in [-0.05, 0) is 29.8 Å². The van der Waals surface area contributed by atoms with Crippen molar-refractivity contribution in [2.45, 2.75) is 6.04 Å². The van der Waals surface area contributed by atoms with E-state index >= 15 is 0 Å². The normalized spacial score (nSPS) is 15.5. The molecule has 1 fully saturated rings. The lowest BCUT2D eigenvalue weighted by Gasteiger charge is -2.35. The molecule has 1 aliphatic rings. The summed E-state index contributed by atoms with van der Waals surface area (Å²) in [5.74, 6) is -1.12. The first-order chi connectivity index (χ1) is 14.0. The predicted octanol–water partition coefficient (Wildman–Crippen LogP) is 1.79. The minimum Gasteiger partial charge on any atom is -0.379 e. The second-order valence-electron chi connectivity index (χ2n) is 6.56. The highest BCUT2D eigenvalue weighted by Crippen LogP contribution is 2.21. The fraction of sp³-hybridized carbons (Fsp3) is 0.350. The summed E-state index contributed by atoms with van der Waals surface area (Å²) in [6.07, 6.45) is 1.42. The van der Waals surface area contributed by atoms with Crippen LogP contribution in [0.1, 0.15) is 22.1 Å². The van der Waals surface area contributed by atoms with Crippen LogP contribution < -0.4 is 10.6 Å². The first kappa shape index (κ1) is 21.2. The smallest absolute Gasteiger partial charge is 0.270 e. The second-order valence-corrected chi connectivity index (χ2v) is 7.00. The number of nitrogens with one attached hydrogen (secondary N) is 2. The number of morpholine rings is 1. The number of halogens is 2. The molecule has 0 saturated carbocycles. The monoisotopic (exact) mass is 420 g/mol. The molecule has 7 nitrogen and oxygen atoms in total. The third kappa shape index (κ3) is 6.22. The lowest BCUT2D eigenvalue weighted by atomic mass is 10.0. The van der Waals surface area contributed by atoms with E-state index in [1.807, 2.05) is 0 Å². The number of ether oxygens (including phenoxy) is 1. The van der Waals surface area contributed by atoms with Gasteiger partial charge in [0.1, 0.15) is 11.5 Å². The number of hydrogen-bond acceptors (Lipinski definition) is 5. The first-order valence-electron chi connectivity index (χ1n) is 9.26. The Hall–Kier alpha value is -2.55. The van der Waals surface area contributed by atoms with Crippen LogP contribution in [-0.4, -0.2) is 61.1 Å². The minimum absolute atomic E-state index is 0.117. The van der Waals surface area contributed by atoms with Crippen LogP contribution in [0.15, 0.2) is 42.6 Å². The Bertz CT molecular complexity index is 844. The molecule has 154 valence electrons. The van der Waals surface area contributed by atoms with Crippen LogP contribution in [0.25, 0.3) is 0 Å². The zero-order chi connectivity index (χ0) is 20.6. The molecule has 0 aliphatic carbocycles. The summed E-state index contributed by atoms with van der Waals surface area (Å²) in [5, 5.41) is 5.75. The van der Waals surface area contributed by atoms with E-state index in [1.165, 1.54) is 24.4 Å². The molecular formula is C20H22ClFN4O3. The first-order valence-corrected chi connectivity index (χ1v) is 9.64. The van der Waals surface area contributed by atoms with Gasteiger partial charge in [0.15, 0.2) is 0 Å². The van der Waals surface area contributed by atoms with Gasteiger partial charge in [0.25, 0.3) is 5.91 Å². The Kier molecular flexibility index (Phi) is 7.51. The van der Waals surface area contributed by atoms with E-state index < -0.39 is 5.91 Å². The Labute approximate surface area is 173 Å². The number of pyridine rings is 1. The largest absolute Gasteiger partial charge is 0.379 e. The van der Waals surface area contributed by atoms with Crippen molar-refractivity contribution >= 4 is 23.4 Å². The third-order valence-electron chi connectivity index (χ3n) is 4.60. The highest BCUT2D eigenvalue weighted by atomic mass is 35.5. The van der Waals surface area contributed by atoms with Crippen molar-refractivity contribution in [1.82, 2.24) is 20.5 Å². The predicted molar refractivity (Wildman–Crippen MR) is 106 cm³/mol. The number of nitrogens with zero attached hydrogens (tertiary/aromatic N) is 2. The Morgan fingerprint density at radius 3 is 2.59 bits per heavy atom. The molecule has 1 aliphatic heterocycles. The van der Waals surface area contributed by atoms with Gasteiger partial charge in [0, 0.05) is 30.9 Å². The van der Waals surface area contributed by atoms with E-state index in [9.17, 15) is 14.0 Å². The molecule has 2 amide bonds. The maximum atomic E-state index is 13.3. The van der Waals surface area contributed by atoms with Crippen LogP contribution in [0.5, 0.6) is 0 Å². The topological polar surface area (TPSA) is 83.6 Å². The van der Waals surface area contributed by atoms with Crippen molar-refractivity contribution in [2.24, 2.45) is 0 Å². The van der Waals surface area contributed by atoms with Gasteiger partial charge in [-0.1, -0.05) is 23.7 Å². The van der Waals surface area contributed by atoms with Crippen LogP contribution >= 0.6 is 11.6 Å². The Morgan fingerprint density at radius 2 is 1.90 bits per heavy atom. The van der Waals surface area contributed by atoms with E-state index in [4.69, 9.17) is 16.3 Å². The zero-order valence-electron chi connectivity index (χ0n) is 15.7. The van der Waals surface area contributed by atoms with Gasteiger partial charge < -0.3 is 15.4 Å². The highest BCUT2D eigenvalue weighted by Gasteiger charge is 2.23. The standard InChI is InChI=1S/C20H22ClFN4O3/c21-15-5-6-23-17(11-15)20(28)25-13-19(27)24-12-18(26-7-9-29-10-8-26)14-1-3-16(22)4-2-14/h1-6,11,18H,7-10,12-13H2,(H,24,27)(H,25,28). The summed E-state index contributed by atoms with van der Waals surface area (Å²) in [4.78, 5) is 30.4. The van der Waals surface area contributed by atoms with Crippen LogP contribution in [0.2, 0.25) is 5.02 Å². The van der Waals surface area contributed by atoms with E-state index in [0.717, 1.165) is 18.7 Å². The lowest BCUT2D eigenvalue weighted by molar-refractivity contribution is -0.120. The molecule has 1 aromatic carbocycles. The Balaban J connectivity index is 1.56. The van der Waals surface area contributed by atoms with Crippen LogP contribution in [0, 0.1) is 5.82 Å². The van der Waals surface area contributed by atoms with Gasteiger partial charge in [-0.3, -0.25) is 19.5 Å². The van der Waals surface area contributed by atoms with E-state index in [0.29, 0.717) is 24.8 Å². The fourth-order valence-corrected chi connectivity index (χ4v) is 3.24. The van der Waals surface area contributed by atoms with Gasteiger partial charge in [-0.15, -0.1) is 0 Å². The van der Waals surface area contributed by atoms with Gasteiger partial charge in [0.05, 0.1) is 25.8 Å². The highest BCUT2D eigenvalue weighted by molar-refractivity contribution is 6.30. The van der Waals surface area contributed by atoms with Gasteiger partial charge in [0.2, 0.25) is 5.91 Å². The molecule has 2 aromatic rings. The van der Waals surface area contributed by atoms with Crippen molar-refractivity contribution < 1.29 is 18.7 Å². The maximum Gasteiger partial charge on any atom is 0.270 e. The summed E-state index contributed by atoms with van der Waals surface area (Å²) < 4.78 is 18.7. The number of carbonyl (C=O) groups is 2.